The van der Waals surface area contributed by atoms with E-state index in [9.17, 15) is 4.79 Å². The maximum Gasteiger partial charge on any atom is 0.216 e. The van der Waals surface area contributed by atoms with E-state index in [1.807, 2.05) is 0 Å². The fraction of sp³-hybridized carbons (Fsp3) is 0.588. The number of nitrogens with zero attached hydrogens (tertiary/aromatic N) is 2. The van der Waals surface area contributed by atoms with Gasteiger partial charge in [0.15, 0.2) is 0 Å². The summed E-state index contributed by atoms with van der Waals surface area (Å²) in [6.45, 7) is 6.70. The third kappa shape index (κ3) is 3.25. The Balaban J connectivity index is 1.82. The van der Waals surface area contributed by atoms with Gasteiger partial charge >= 0.3 is 0 Å². The van der Waals surface area contributed by atoms with Crippen LogP contribution in [0.15, 0.2) is 18.2 Å². The van der Waals surface area contributed by atoms with Gasteiger partial charge in [-0.3, -0.25) is 9.69 Å². The molecule has 2 aliphatic heterocycles. The molecule has 0 aliphatic carbocycles. The van der Waals surface area contributed by atoms with Gasteiger partial charge in [0.05, 0.1) is 19.3 Å². The van der Waals surface area contributed by atoms with Crippen molar-refractivity contribution in [3.8, 4) is 0 Å². The molecular formula is C17H25N3O2. The average molecular weight is 303 g/mol. The number of hydrogen-bond donors (Lipinski definition) is 1. The number of fused-ring (bicyclic) bond motifs is 1. The number of rotatable bonds is 4. The van der Waals surface area contributed by atoms with Crippen molar-refractivity contribution in [2.75, 3.05) is 51.3 Å². The number of morpholine rings is 1. The zero-order chi connectivity index (χ0) is 15.5. The summed E-state index contributed by atoms with van der Waals surface area (Å²) in [5.41, 5.74) is 4.05. The lowest BCUT2D eigenvalue weighted by Crippen LogP contribution is -2.43. The van der Waals surface area contributed by atoms with Crippen molar-refractivity contribution < 1.29 is 9.53 Å². The molecule has 2 aliphatic rings. The molecule has 0 aromatic heterocycles. The molecule has 1 saturated heterocycles. The highest BCUT2D eigenvalue weighted by Gasteiger charge is 2.25. The predicted molar refractivity (Wildman–Crippen MR) is 87.2 cm³/mol. The van der Waals surface area contributed by atoms with Crippen LogP contribution in [0.3, 0.4) is 0 Å². The second-order valence-electron chi connectivity index (χ2n) is 6.16. The van der Waals surface area contributed by atoms with Crippen molar-refractivity contribution >= 4 is 11.6 Å². The van der Waals surface area contributed by atoms with Gasteiger partial charge in [-0.2, -0.15) is 0 Å². The molecule has 0 radical (unpaired) electrons. The van der Waals surface area contributed by atoms with Gasteiger partial charge in [0.1, 0.15) is 0 Å². The van der Waals surface area contributed by atoms with Crippen LogP contribution in [0, 0.1) is 0 Å². The topological polar surface area (TPSA) is 44.8 Å². The van der Waals surface area contributed by atoms with Gasteiger partial charge in [0, 0.05) is 45.8 Å². The second-order valence-corrected chi connectivity index (χ2v) is 6.16. The van der Waals surface area contributed by atoms with Gasteiger partial charge in [-0.25, -0.2) is 0 Å². The van der Waals surface area contributed by atoms with Crippen molar-refractivity contribution in [2.45, 2.75) is 19.4 Å². The number of ether oxygens (including phenoxy) is 1. The summed E-state index contributed by atoms with van der Waals surface area (Å²) in [7, 11) is 2.14. The molecule has 1 atom stereocenters. The zero-order valence-electron chi connectivity index (χ0n) is 13.5. The van der Waals surface area contributed by atoms with Gasteiger partial charge in [0.2, 0.25) is 5.91 Å². The van der Waals surface area contributed by atoms with E-state index >= 15 is 0 Å². The third-order valence-electron chi connectivity index (χ3n) is 4.65. The quantitative estimate of drug-likeness (QED) is 0.907. The molecule has 3 rings (SSSR count). The first-order valence-corrected chi connectivity index (χ1v) is 8.05. The molecule has 0 bridgehead atoms. The van der Waals surface area contributed by atoms with Crippen LogP contribution in [0.4, 0.5) is 5.69 Å². The molecule has 22 heavy (non-hydrogen) atoms. The van der Waals surface area contributed by atoms with E-state index in [1.165, 1.54) is 16.8 Å². The van der Waals surface area contributed by atoms with Crippen LogP contribution < -0.4 is 10.2 Å². The molecule has 1 aromatic carbocycles. The van der Waals surface area contributed by atoms with Crippen molar-refractivity contribution in [3.05, 3.63) is 29.3 Å². The maximum absolute atomic E-state index is 11.3. The second kappa shape index (κ2) is 6.67. The van der Waals surface area contributed by atoms with Crippen LogP contribution in [0.25, 0.3) is 0 Å². The molecule has 120 valence electrons. The Labute approximate surface area is 132 Å². The highest BCUT2D eigenvalue weighted by atomic mass is 16.5. The summed E-state index contributed by atoms with van der Waals surface area (Å²) in [5.74, 6) is 0.0270. The molecule has 2 heterocycles. The van der Waals surface area contributed by atoms with Gasteiger partial charge in [0.25, 0.3) is 0 Å². The number of likely N-dealkylation sites (N-methyl/N-ethyl adjacent to an activating group) is 1. The van der Waals surface area contributed by atoms with Gasteiger partial charge in [-0.1, -0.05) is 12.1 Å². The van der Waals surface area contributed by atoms with Crippen LogP contribution >= 0.6 is 0 Å². The summed E-state index contributed by atoms with van der Waals surface area (Å²) in [6.07, 6.45) is 1.11. The number of anilines is 1. The summed E-state index contributed by atoms with van der Waals surface area (Å²) < 4.78 is 5.46. The van der Waals surface area contributed by atoms with Crippen LogP contribution in [-0.4, -0.2) is 57.2 Å². The van der Waals surface area contributed by atoms with E-state index < -0.39 is 0 Å². The summed E-state index contributed by atoms with van der Waals surface area (Å²) >= 11 is 0. The Bertz CT molecular complexity index is 541. The SMILES string of the molecule is CC(=O)NC[C@@H](c1ccc2c(c1)CCN2C)N1CCOCC1. The van der Waals surface area contributed by atoms with Crippen LogP contribution in [-0.2, 0) is 16.0 Å². The largest absolute Gasteiger partial charge is 0.379 e. The Kier molecular flexibility index (Phi) is 4.64. The predicted octanol–water partition coefficient (Wildman–Crippen LogP) is 1.19. The number of benzene rings is 1. The lowest BCUT2D eigenvalue weighted by atomic mass is 10.0. The number of carbonyl (C=O) groups is 1. The van der Waals surface area contributed by atoms with E-state index in [4.69, 9.17) is 4.74 Å². The van der Waals surface area contributed by atoms with E-state index in [1.54, 1.807) is 6.92 Å². The highest BCUT2D eigenvalue weighted by molar-refractivity contribution is 5.72. The fourth-order valence-corrected chi connectivity index (χ4v) is 3.38. The zero-order valence-corrected chi connectivity index (χ0v) is 13.5. The molecule has 0 saturated carbocycles. The molecule has 1 aromatic rings. The van der Waals surface area contributed by atoms with Crippen LogP contribution in [0.1, 0.15) is 24.1 Å². The van der Waals surface area contributed by atoms with Gasteiger partial charge < -0.3 is 15.0 Å². The molecule has 1 N–H and O–H groups in total. The highest BCUT2D eigenvalue weighted by Crippen LogP contribution is 2.31. The smallest absolute Gasteiger partial charge is 0.216 e. The standard InChI is InChI=1S/C17H25N3O2/c1-13(21)18-12-17(20-7-9-22-10-8-20)14-3-4-16-15(11-14)5-6-19(16)2/h3-4,11,17H,5-10,12H2,1-2H3,(H,18,21)/t17-/m0/s1. The Morgan fingerprint density at radius 3 is 2.82 bits per heavy atom. The maximum atomic E-state index is 11.3. The van der Waals surface area contributed by atoms with Gasteiger partial charge in [-0.15, -0.1) is 0 Å². The number of hydrogen-bond acceptors (Lipinski definition) is 4. The molecular weight excluding hydrogens is 278 g/mol. The van der Waals surface area contributed by atoms with Crippen LogP contribution in [0.2, 0.25) is 0 Å². The summed E-state index contributed by atoms with van der Waals surface area (Å²) in [4.78, 5) is 16.1. The monoisotopic (exact) mass is 303 g/mol. The van der Waals surface area contributed by atoms with Gasteiger partial charge in [-0.05, 0) is 23.6 Å². The lowest BCUT2D eigenvalue weighted by Gasteiger charge is -2.35. The van der Waals surface area contributed by atoms with Crippen molar-refractivity contribution in [1.82, 2.24) is 10.2 Å². The first kappa shape index (κ1) is 15.3. The molecule has 0 spiro atoms. The first-order valence-electron chi connectivity index (χ1n) is 8.05. The number of carbonyl (C=O) groups excluding carboxylic acids is 1. The first-order chi connectivity index (χ1) is 10.6. The normalized spacial score (nSPS) is 19.8. The van der Waals surface area contributed by atoms with E-state index in [2.05, 4.69) is 40.4 Å². The Hall–Kier alpha value is -1.59. The third-order valence-corrected chi connectivity index (χ3v) is 4.65. The van der Waals surface area contributed by atoms with E-state index in [-0.39, 0.29) is 11.9 Å². The molecule has 1 fully saturated rings. The fourth-order valence-electron chi connectivity index (χ4n) is 3.38. The number of amides is 1. The lowest BCUT2D eigenvalue weighted by molar-refractivity contribution is -0.119. The Morgan fingerprint density at radius 1 is 1.32 bits per heavy atom. The molecule has 1 amide bonds. The minimum absolute atomic E-state index is 0.0270. The van der Waals surface area contributed by atoms with Crippen molar-refractivity contribution in [3.63, 3.8) is 0 Å². The molecule has 5 heteroatoms. The van der Waals surface area contributed by atoms with Crippen LogP contribution in [0.5, 0.6) is 0 Å². The van der Waals surface area contributed by atoms with Crippen molar-refractivity contribution in [1.29, 1.82) is 0 Å². The average Bonchev–Trinajstić information content (AvgIpc) is 2.89. The van der Waals surface area contributed by atoms with E-state index in [0.29, 0.717) is 6.54 Å². The van der Waals surface area contributed by atoms with E-state index in [0.717, 1.165) is 39.3 Å². The van der Waals surface area contributed by atoms with Crippen molar-refractivity contribution in [2.24, 2.45) is 0 Å². The summed E-state index contributed by atoms with van der Waals surface area (Å²) in [5, 5.41) is 2.99. The molecule has 0 unspecified atom stereocenters. The summed E-state index contributed by atoms with van der Waals surface area (Å²) in [6, 6.07) is 6.98. The minimum atomic E-state index is 0.0270. The molecule has 5 nitrogen and oxygen atoms in total. The Morgan fingerprint density at radius 2 is 2.09 bits per heavy atom. The minimum Gasteiger partial charge on any atom is -0.379 e. The number of nitrogens with one attached hydrogen (secondary N) is 1.